The summed E-state index contributed by atoms with van der Waals surface area (Å²) in [5.41, 5.74) is 1.09. The van der Waals surface area contributed by atoms with Gasteiger partial charge in [-0.25, -0.2) is 0 Å². The van der Waals surface area contributed by atoms with E-state index in [0.717, 1.165) is 10.0 Å². The first-order chi connectivity index (χ1) is 4.20. The number of halogens is 1. The van der Waals surface area contributed by atoms with E-state index in [-0.39, 0.29) is 0 Å². The number of rotatable bonds is 1. The Morgan fingerprint density at radius 2 is 2.33 bits per heavy atom. The van der Waals surface area contributed by atoms with Crippen molar-refractivity contribution >= 4 is 23.1 Å². The molecule has 1 rings (SSSR count). The second-order valence-corrected chi connectivity index (χ2v) is 3.65. The standard InChI is InChI=1S/C6H8ClNS/c1-4(2)5-3-6(7)9-8-5/h3-4H,1-2H3. The number of aromatic nitrogens is 1. The summed E-state index contributed by atoms with van der Waals surface area (Å²) < 4.78 is 4.90. The number of nitrogens with zero attached hydrogens (tertiary/aromatic N) is 1. The average Bonchev–Trinajstić information content (AvgIpc) is 2.14. The van der Waals surface area contributed by atoms with Crippen LogP contribution in [0.3, 0.4) is 0 Å². The molecule has 0 saturated carbocycles. The van der Waals surface area contributed by atoms with Gasteiger partial charge in [-0.3, -0.25) is 0 Å². The zero-order chi connectivity index (χ0) is 6.85. The lowest BCUT2D eigenvalue weighted by molar-refractivity contribution is 0.841. The van der Waals surface area contributed by atoms with Gasteiger partial charge in [-0.1, -0.05) is 25.4 Å². The van der Waals surface area contributed by atoms with E-state index < -0.39 is 0 Å². The fourth-order valence-electron chi connectivity index (χ4n) is 0.537. The molecular weight excluding hydrogens is 154 g/mol. The van der Waals surface area contributed by atoms with Crippen molar-refractivity contribution in [1.82, 2.24) is 4.37 Å². The average molecular weight is 162 g/mol. The smallest absolute Gasteiger partial charge is 0.114 e. The van der Waals surface area contributed by atoms with E-state index in [0.29, 0.717) is 5.92 Å². The normalized spacial score (nSPS) is 10.7. The molecule has 9 heavy (non-hydrogen) atoms. The van der Waals surface area contributed by atoms with Gasteiger partial charge in [-0.2, -0.15) is 4.37 Å². The summed E-state index contributed by atoms with van der Waals surface area (Å²) in [5.74, 6) is 0.494. The Hall–Kier alpha value is -0.0800. The summed E-state index contributed by atoms with van der Waals surface area (Å²) in [6, 6.07) is 1.91. The van der Waals surface area contributed by atoms with Crippen LogP contribution in [0.25, 0.3) is 0 Å². The third-order valence-corrected chi connectivity index (χ3v) is 2.00. The van der Waals surface area contributed by atoms with Gasteiger partial charge in [0.15, 0.2) is 0 Å². The lowest BCUT2D eigenvalue weighted by Gasteiger charge is -1.94. The van der Waals surface area contributed by atoms with Gasteiger partial charge in [0, 0.05) is 0 Å². The van der Waals surface area contributed by atoms with Crippen LogP contribution >= 0.6 is 23.1 Å². The summed E-state index contributed by atoms with van der Waals surface area (Å²) >= 11 is 7.01. The Morgan fingerprint density at radius 3 is 2.56 bits per heavy atom. The van der Waals surface area contributed by atoms with Crippen molar-refractivity contribution in [1.29, 1.82) is 0 Å². The Bertz CT molecular complexity index is 195. The summed E-state index contributed by atoms with van der Waals surface area (Å²) in [7, 11) is 0. The maximum absolute atomic E-state index is 5.66. The highest BCUT2D eigenvalue weighted by molar-refractivity contribution is 7.10. The zero-order valence-electron chi connectivity index (χ0n) is 5.39. The molecular formula is C6H8ClNS. The first kappa shape index (κ1) is 7.03. The van der Waals surface area contributed by atoms with Crippen molar-refractivity contribution in [2.75, 3.05) is 0 Å². The number of hydrogen-bond donors (Lipinski definition) is 0. The van der Waals surface area contributed by atoms with Crippen molar-refractivity contribution < 1.29 is 0 Å². The maximum Gasteiger partial charge on any atom is 0.114 e. The van der Waals surface area contributed by atoms with Crippen molar-refractivity contribution in [3.8, 4) is 0 Å². The van der Waals surface area contributed by atoms with E-state index >= 15 is 0 Å². The molecule has 0 N–H and O–H groups in total. The molecule has 0 aliphatic rings. The maximum atomic E-state index is 5.66. The molecule has 1 heterocycles. The van der Waals surface area contributed by atoms with Crippen LogP contribution in [0.4, 0.5) is 0 Å². The summed E-state index contributed by atoms with van der Waals surface area (Å²) in [6.45, 7) is 4.21. The van der Waals surface area contributed by atoms with Gasteiger partial charge in [0.1, 0.15) is 4.34 Å². The quantitative estimate of drug-likeness (QED) is 0.617. The minimum Gasteiger partial charge on any atom is -0.196 e. The van der Waals surface area contributed by atoms with Crippen LogP contribution in [-0.2, 0) is 0 Å². The van der Waals surface area contributed by atoms with Crippen molar-refractivity contribution in [3.63, 3.8) is 0 Å². The summed E-state index contributed by atoms with van der Waals surface area (Å²) in [5, 5.41) is 0. The molecule has 0 bridgehead atoms. The first-order valence-electron chi connectivity index (χ1n) is 2.82. The van der Waals surface area contributed by atoms with Gasteiger partial charge in [0.2, 0.25) is 0 Å². The van der Waals surface area contributed by atoms with Crippen LogP contribution in [0.1, 0.15) is 25.5 Å². The lowest BCUT2D eigenvalue weighted by atomic mass is 10.1. The highest BCUT2D eigenvalue weighted by atomic mass is 35.5. The van der Waals surface area contributed by atoms with E-state index in [1.165, 1.54) is 11.5 Å². The van der Waals surface area contributed by atoms with Crippen molar-refractivity contribution in [3.05, 3.63) is 16.1 Å². The minimum absolute atomic E-state index is 0.494. The fraction of sp³-hybridized carbons (Fsp3) is 0.500. The van der Waals surface area contributed by atoms with Crippen molar-refractivity contribution in [2.24, 2.45) is 0 Å². The molecule has 1 nitrogen and oxygen atoms in total. The van der Waals surface area contributed by atoms with Gasteiger partial charge in [0.25, 0.3) is 0 Å². The Balaban J connectivity index is 2.85. The van der Waals surface area contributed by atoms with Gasteiger partial charge in [0.05, 0.1) is 5.69 Å². The van der Waals surface area contributed by atoms with Crippen LogP contribution in [0.2, 0.25) is 4.34 Å². The molecule has 0 radical (unpaired) electrons. The van der Waals surface area contributed by atoms with Gasteiger partial charge in [-0.05, 0) is 23.5 Å². The van der Waals surface area contributed by atoms with Crippen LogP contribution in [0.5, 0.6) is 0 Å². The molecule has 1 aromatic rings. The molecule has 0 aliphatic carbocycles. The minimum atomic E-state index is 0.494. The highest BCUT2D eigenvalue weighted by Crippen LogP contribution is 2.21. The molecule has 50 valence electrons. The molecule has 0 amide bonds. The van der Waals surface area contributed by atoms with Crippen LogP contribution in [0, 0.1) is 0 Å². The van der Waals surface area contributed by atoms with Crippen LogP contribution in [-0.4, -0.2) is 4.37 Å². The van der Waals surface area contributed by atoms with Gasteiger partial charge >= 0.3 is 0 Å². The topological polar surface area (TPSA) is 12.9 Å². The van der Waals surface area contributed by atoms with Gasteiger partial charge in [-0.15, -0.1) is 0 Å². The van der Waals surface area contributed by atoms with Crippen molar-refractivity contribution in [2.45, 2.75) is 19.8 Å². The first-order valence-corrected chi connectivity index (χ1v) is 3.97. The molecule has 0 spiro atoms. The van der Waals surface area contributed by atoms with Crippen LogP contribution < -0.4 is 0 Å². The molecule has 3 heteroatoms. The van der Waals surface area contributed by atoms with E-state index in [2.05, 4.69) is 18.2 Å². The molecule has 1 aromatic heterocycles. The van der Waals surface area contributed by atoms with Crippen LogP contribution in [0.15, 0.2) is 6.07 Å². The summed E-state index contributed by atoms with van der Waals surface area (Å²) in [6.07, 6.45) is 0. The SMILES string of the molecule is CC(C)c1cc(Cl)sn1. The Labute approximate surface area is 63.8 Å². The molecule has 0 atom stereocenters. The third-order valence-electron chi connectivity index (χ3n) is 1.09. The molecule has 0 aliphatic heterocycles. The second-order valence-electron chi connectivity index (χ2n) is 2.21. The molecule has 0 fully saturated rings. The molecule has 0 saturated heterocycles. The largest absolute Gasteiger partial charge is 0.196 e. The molecule has 0 aromatic carbocycles. The number of hydrogen-bond acceptors (Lipinski definition) is 2. The molecule has 0 unspecified atom stereocenters. The van der Waals surface area contributed by atoms with Gasteiger partial charge < -0.3 is 0 Å². The van der Waals surface area contributed by atoms with E-state index in [1.54, 1.807) is 0 Å². The van der Waals surface area contributed by atoms with E-state index in [1.807, 2.05) is 6.07 Å². The Kier molecular flexibility index (Phi) is 2.09. The van der Waals surface area contributed by atoms with E-state index in [4.69, 9.17) is 11.6 Å². The predicted octanol–water partition coefficient (Wildman–Crippen LogP) is 2.92. The third kappa shape index (κ3) is 1.66. The predicted molar refractivity (Wildman–Crippen MR) is 41.2 cm³/mol. The summed E-state index contributed by atoms with van der Waals surface area (Å²) in [4.78, 5) is 0. The second kappa shape index (κ2) is 2.67. The van der Waals surface area contributed by atoms with E-state index in [9.17, 15) is 0 Å². The highest BCUT2D eigenvalue weighted by Gasteiger charge is 2.02. The lowest BCUT2D eigenvalue weighted by Crippen LogP contribution is -1.83. The Morgan fingerprint density at radius 1 is 1.67 bits per heavy atom. The monoisotopic (exact) mass is 161 g/mol. The fourth-order valence-corrected chi connectivity index (χ4v) is 1.38. The zero-order valence-corrected chi connectivity index (χ0v) is 6.96.